The number of benzene rings is 1. The number of hydrogen-bond donors (Lipinski definition) is 2. The number of carboxylic acid groups (broad SMARTS) is 1. The molecule has 0 saturated carbocycles. The first-order valence-electron chi connectivity index (χ1n) is 6.55. The number of nitrogen functional groups attached to an aromatic ring is 1. The number of nitrogens with zero attached hydrogens (tertiary/aromatic N) is 2. The Morgan fingerprint density at radius 1 is 1.38 bits per heavy atom. The van der Waals surface area contributed by atoms with Crippen molar-refractivity contribution in [2.75, 3.05) is 5.73 Å². The summed E-state index contributed by atoms with van der Waals surface area (Å²) >= 11 is 0. The Balaban J connectivity index is 2.47. The molecule has 0 aliphatic carbocycles. The average Bonchev–Trinajstić information content (AvgIpc) is 2.76. The van der Waals surface area contributed by atoms with Gasteiger partial charge in [-0.1, -0.05) is 12.1 Å². The van der Waals surface area contributed by atoms with E-state index in [-0.39, 0.29) is 18.8 Å². The zero-order valence-electron chi connectivity index (χ0n) is 12.0. The molecule has 6 heteroatoms. The summed E-state index contributed by atoms with van der Waals surface area (Å²) in [6.07, 6.45) is 0.556. The lowest BCUT2D eigenvalue weighted by atomic mass is 10.0. The Hall–Kier alpha value is -2.63. The SMILES string of the molecule is Cc1ccc(-c2nn(CCC(=O)O)c(N)c2C=O)cc1C. The van der Waals surface area contributed by atoms with Crippen molar-refractivity contribution in [3.63, 3.8) is 0 Å². The van der Waals surface area contributed by atoms with Crippen molar-refractivity contribution in [3.05, 3.63) is 34.9 Å². The summed E-state index contributed by atoms with van der Waals surface area (Å²) in [5.41, 5.74) is 9.68. The molecule has 0 spiro atoms. The van der Waals surface area contributed by atoms with Gasteiger partial charge in [0.05, 0.1) is 18.5 Å². The molecule has 2 rings (SSSR count). The lowest BCUT2D eigenvalue weighted by molar-refractivity contribution is -0.137. The van der Waals surface area contributed by atoms with E-state index in [1.807, 2.05) is 32.0 Å². The quantitative estimate of drug-likeness (QED) is 0.820. The Morgan fingerprint density at radius 2 is 2.10 bits per heavy atom. The summed E-state index contributed by atoms with van der Waals surface area (Å²) in [6.45, 7) is 4.11. The zero-order valence-corrected chi connectivity index (χ0v) is 12.0. The average molecular weight is 287 g/mol. The Kier molecular flexibility index (Phi) is 4.07. The minimum atomic E-state index is -0.940. The number of aliphatic carboxylic acids is 1. The van der Waals surface area contributed by atoms with Crippen LogP contribution in [0.25, 0.3) is 11.3 Å². The van der Waals surface area contributed by atoms with Gasteiger partial charge in [0.25, 0.3) is 0 Å². The largest absolute Gasteiger partial charge is 0.481 e. The van der Waals surface area contributed by atoms with Gasteiger partial charge in [0, 0.05) is 5.56 Å². The molecule has 3 N–H and O–H groups in total. The summed E-state index contributed by atoms with van der Waals surface area (Å²) < 4.78 is 1.36. The highest BCUT2D eigenvalue weighted by Crippen LogP contribution is 2.27. The van der Waals surface area contributed by atoms with Crippen LogP contribution in [0.15, 0.2) is 18.2 Å². The van der Waals surface area contributed by atoms with E-state index in [1.165, 1.54) is 4.68 Å². The molecule has 0 amide bonds. The summed E-state index contributed by atoms with van der Waals surface area (Å²) in [5, 5.41) is 13.0. The predicted molar refractivity (Wildman–Crippen MR) is 79.2 cm³/mol. The van der Waals surface area contributed by atoms with Gasteiger partial charge < -0.3 is 10.8 Å². The maximum Gasteiger partial charge on any atom is 0.305 e. The van der Waals surface area contributed by atoms with E-state index in [1.54, 1.807) is 0 Å². The molecule has 0 radical (unpaired) electrons. The minimum Gasteiger partial charge on any atom is -0.481 e. The van der Waals surface area contributed by atoms with Crippen LogP contribution in [0.5, 0.6) is 0 Å². The number of rotatable bonds is 5. The van der Waals surface area contributed by atoms with E-state index >= 15 is 0 Å². The van der Waals surface area contributed by atoms with Crippen molar-refractivity contribution in [3.8, 4) is 11.3 Å². The van der Waals surface area contributed by atoms with Gasteiger partial charge in [-0.05, 0) is 31.0 Å². The highest BCUT2D eigenvalue weighted by atomic mass is 16.4. The summed E-state index contributed by atoms with van der Waals surface area (Å²) in [5.74, 6) is -0.746. The van der Waals surface area contributed by atoms with Gasteiger partial charge in [0.1, 0.15) is 11.5 Å². The molecular weight excluding hydrogens is 270 g/mol. The molecule has 2 aromatic rings. The molecule has 1 aromatic carbocycles. The number of hydrogen-bond acceptors (Lipinski definition) is 4. The zero-order chi connectivity index (χ0) is 15.6. The molecule has 110 valence electrons. The second kappa shape index (κ2) is 5.78. The van der Waals surface area contributed by atoms with Crippen LogP contribution in [0.1, 0.15) is 27.9 Å². The van der Waals surface area contributed by atoms with Gasteiger partial charge >= 0.3 is 5.97 Å². The molecule has 1 heterocycles. The topological polar surface area (TPSA) is 98.2 Å². The standard InChI is InChI=1S/C15H17N3O3/c1-9-3-4-11(7-10(9)2)14-12(8-19)15(16)18(17-14)6-5-13(20)21/h3-4,7-8H,5-6,16H2,1-2H3,(H,20,21). The van der Waals surface area contributed by atoms with Crippen LogP contribution in [0.4, 0.5) is 5.82 Å². The lowest BCUT2D eigenvalue weighted by Crippen LogP contribution is -2.09. The predicted octanol–water partition coefficient (Wildman–Crippen LogP) is 2.04. The second-order valence-corrected chi connectivity index (χ2v) is 4.93. The van der Waals surface area contributed by atoms with E-state index < -0.39 is 5.97 Å². The van der Waals surface area contributed by atoms with Gasteiger partial charge in [0.15, 0.2) is 6.29 Å². The number of carboxylic acids is 1. The molecular formula is C15H17N3O3. The van der Waals surface area contributed by atoms with Crippen LogP contribution >= 0.6 is 0 Å². The van der Waals surface area contributed by atoms with E-state index in [2.05, 4.69) is 5.10 Å². The lowest BCUT2D eigenvalue weighted by Gasteiger charge is -2.03. The molecule has 0 aliphatic rings. The van der Waals surface area contributed by atoms with Crippen molar-refractivity contribution >= 4 is 18.1 Å². The van der Waals surface area contributed by atoms with E-state index in [9.17, 15) is 9.59 Å². The molecule has 0 bridgehead atoms. The first-order valence-corrected chi connectivity index (χ1v) is 6.55. The van der Waals surface area contributed by atoms with Crippen molar-refractivity contribution < 1.29 is 14.7 Å². The second-order valence-electron chi connectivity index (χ2n) is 4.93. The normalized spacial score (nSPS) is 10.6. The highest BCUT2D eigenvalue weighted by Gasteiger charge is 2.17. The summed E-state index contributed by atoms with van der Waals surface area (Å²) in [6, 6.07) is 5.76. The molecule has 0 unspecified atom stereocenters. The monoisotopic (exact) mass is 287 g/mol. The van der Waals surface area contributed by atoms with Crippen LogP contribution in [-0.2, 0) is 11.3 Å². The third-order valence-electron chi connectivity index (χ3n) is 3.47. The molecule has 0 saturated heterocycles. The first-order chi connectivity index (χ1) is 9.93. The summed E-state index contributed by atoms with van der Waals surface area (Å²) in [4.78, 5) is 21.9. The van der Waals surface area contributed by atoms with E-state index in [0.717, 1.165) is 16.7 Å². The van der Waals surface area contributed by atoms with Crippen molar-refractivity contribution in [2.45, 2.75) is 26.8 Å². The van der Waals surface area contributed by atoms with Gasteiger partial charge in [-0.15, -0.1) is 0 Å². The van der Waals surface area contributed by atoms with Crippen molar-refractivity contribution in [1.82, 2.24) is 9.78 Å². The Morgan fingerprint density at radius 3 is 2.67 bits per heavy atom. The highest BCUT2D eigenvalue weighted by molar-refractivity contribution is 5.91. The number of anilines is 1. The number of aldehydes is 1. The maximum atomic E-state index is 11.3. The van der Waals surface area contributed by atoms with Crippen LogP contribution in [0.2, 0.25) is 0 Å². The number of carbonyl (C=O) groups is 2. The van der Waals surface area contributed by atoms with Crippen LogP contribution < -0.4 is 5.73 Å². The number of nitrogens with two attached hydrogens (primary N) is 1. The van der Waals surface area contributed by atoms with Crippen LogP contribution in [0.3, 0.4) is 0 Å². The van der Waals surface area contributed by atoms with Crippen LogP contribution in [0, 0.1) is 13.8 Å². The summed E-state index contributed by atoms with van der Waals surface area (Å²) in [7, 11) is 0. The van der Waals surface area contributed by atoms with Crippen molar-refractivity contribution in [1.29, 1.82) is 0 Å². The van der Waals surface area contributed by atoms with Gasteiger partial charge in [0.2, 0.25) is 0 Å². The van der Waals surface area contributed by atoms with E-state index in [4.69, 9.17) is 10.8 Å². The maximum absolute atomic E-state index is 11.3. The van der Waals surface area contributed by atoms with Gasteiger partial charge in [-0.3, -0.25) is 9.59 Å². The fourth-order valence-electron chi connectivity index (χ4n) is 2.08. The molecule has 1 aromatic heterocycles. The first kappa shape index (κ1) is 14.8. The van der Waals surface area contributed by atoms with Gasteiger partial charge in [-0.25, -0.2) is 4.68 Å². The number of carbonyl (C=O) groups excluding carboxylic acids is 1. The molecule has 6 nitrogen and oxygen atoms in total. The smallest absolute Gasteiger partial charge is 0.305 e. The Bertz CT molecular complexity index is 704. The van der Waals surface area contributed by atoms with Crippen LogP contribution in [-0.4, -0.2) is 27.1 Å². The third kappa shape index (κ3) is 2.94. The number of aryl methyl sites for hydroxylation is 3. The van der Waals surface area contributed by atoms with Crippen molar-refractivity contribution in [2.24, 2.45) is 0 Å². The van der Waals surface area contributed by atoms with Gasteiger partial charge in [-0.2, -0.15) is 5.10 Å². The molecule has 0 aliphatic heterocycles. The molecule has 21 heavy (non-hydrogen) atoms. The fourth-order valence-corrected chi connectivity index (χ4v) is 2.08. The van der Waals surface area contributed by atoms with E-state index in [0.29, 0.717) is 17.5 Å². The molecule has 0 fully saturated rings. The number of aromatic nitrogens is 2. The third-order valence-corrected chi connectivity index (χ3v) is 3.47. The fraction of sp³-hybridized carbons (Fsp3) is 0.267. The molecule has 0 atom stereocenters. The minimum absolute atomic E-state index is 0.101. The Labute approximate surface area is 122 Å².